The Labute approximate surface area is 124 Å². The molecule has 1 aliphatic rings. The first-order valence-corrected chi connectivity index (χ1v) is 7.19. The summed E-state index contributed by atoms with van der Waals surface area (Å²) in [4.78, 5) is 10.8. The van der Waals surface area contributed by atoms with Crippen LogP contribution in [0.3, 0.4) is 0 Å². The zero-order valence-electron chi connectivity index (χ0n) is 12.9. The maximum atomic E-state index is 11.2. The highest BCUT2D eigenvalue weighted by atomic mass is 16.6. The number of nitro benzene ring substituents is 1. The molecule has 116 valence electrons. The molecule has 1 N–H and O–H groups in total. The van der Waals surface area contributed by atoms with Crippen molar-refractivity contribution in [1.29, 1.82) is 0 Å². The Morgan fingerprint density at radius 3 is 2.71 bits per heavy atom. The van der Waals surface area contributed by atoms with Gasteiger partial charge in [0.2, 0.25) is 0 Å². The molecule has 0 spiro atoms. The van der Waals surface area contributed by atoms with Crippen LogP contribution in [0, 0.1) is 24.0 Å². The van der Waals surface area contributed by atoms with Crippen LogP contribution in [0.1, 0.15) is 24.5 Å². The molecule has 0 amide bonds. The van der Waals surface area contributed by atoms with Crippen LogP contribution in [0.2, 0.25) is 0 Å². The average molecular weight is 294 g/mol. The molecule has 0 aromatic heterocycles. The van der Waals surface area contributed by atoms with Crippen molar-refractivity contribution in [2.24, 2.45) is 0 Å². The van der Waals surface area contributed by atoms with Crippen molar-refractivity contribution in [1.82, 2.24) is 5.32 Å². The van der Waals surface area contributed by atoms with Crippen LogP contribution >= 0.6 is 0 Å². The summed E-state index contributed by atoms with van der Waals surface area (Å²) in [7, 11) is 1.88. The molecule has 6 nitrogen and oxygen atoms in total. The lowest BCUT2D eigenvalue weighted by atomic mass is 9.85. The SMILES string of the molecule is CCOC1C(NC)CC1Oc1c(C)cc(C)cc1[N+](=O)[O-]. The fourth-order valence-electron chi connectivity index (χ4n) is 2.77. The van der Waals surface area contributed by atoms with Gasteiger partial charge in [-0.15, -0.1) is 0 Å². The number of benzene rings is 1. The van der Waals surface area contributed by atoms with Crippen LogP contribution in [-0.2, 0) is 4.74 Å². The van der Waals surface area contributed by atoms with Crippen molar-refractivity contribution in [3.63, 3.8) is 0 Å². The number of aryl methyl sites for hydroxylation is 2. The molecule has 0 heterocycles. The fraction of sp³-hybridized carbons (Fsp3) is 0.600. The van der Waals surface area contributed by atoms with E-state index in [4.69, 9.17) is 9.47 Å². The number of nitrogens with one attached hydrogen (secondary N) is 1. The normalized spacial score (nSPS) is 24.5. The average Bonchev–Trinajstić information content (AvgIpc) is 2.41. The summed E-state index contributed by atoms with van der Waals surface area (Å²) in [5, 5.41) is 14.4. The van der Waals surface area contributed by atoms with E-state index in [0.717, 1.165) is 17.5 Å². The summed E-state index contributed by atoms with van der Waals surface area (Å²) in [6, 6.07) is 3.68. The Morgan fingerprint density at radius 1 is 1.43 bits per heavy atom. The van der Waals surface area contributed by atoms with Crippen molar-refractivity contribution in [3.05, 3.63) is 33.4 Å². The Bertz CT molecular complexity index is 533. The number of hydrogen-bond acceptors (Lipinski definition) is 5. The highest BCUT2D eigenvalue weighted by Crippen LogP contribution is 2.37. The molecule has 1 saturated carbocycles. The second-order valence-corrected chi connectivity index (χ2v) is 5.39. The molecule has 0 bridgehead atoms. The third kappa shape index (κ3) is 3.16. The third-order valence-electron chi connectivity index (χ3n) is 3.84. The van der Waals surface area contributed by atoms with Crippen molar-refractivity contribution in [2.75, 3.05) is 13.7 Å². The lowest BCUT2D eigenvalue weighted by Crippen LogP contribution is -2.60. The summed E-state index contributed by atoms with van der Waals surface area (Å²) >= 11 is 0. The molecule has 0 radical (unpaired) electrons. The number of nitro groups is 1. The van der Waals surface area contributed by atoms with Gasteiger partial charge in [-0.2, -0.15) is 0 Å². The Balaban J connectivity index is 2.22. The zero-order valence-corrected chi connectivity index (χ0v) is 12.9. The lowest BCUT2D eigenvalue weighted by molar-refractivity contribution is -0.386. The maximum Gasteiger partial charge on any atom is 0.311 e. The van der Waals surface area contributed by atoms with E-state index in [1.54, 1.807) is 6.07 Å². The molecule has 6 heteroatoms. The Hall–Kier alpha value is -1.66. The molecule has 0 saturated heterocycles. The molecule has 3 unspecified atom stereocenters. The summed E-state index contributed by atoms with van der Waals surface area (Å²) in [5.74, 6) is 0.356. The summed E-state index contributed by atoms with van der Waals surface area (Å²) in [6.45, 7) is 6.20. The first-order valence-electron chi connectivity index (χ1n) is 7.19. The smallest absolute Gasteiger partial charge is 0.311 e. The van der Waals surface area contributed by atoms with Crippen LogP contribution in [0.15, 0.2) is 12.1 Å². The Kier molecular flexibility index (Phi) is 4.80. The lowest BCUT2D eigenvalue weighted by Gasteiger charge is -2.43. The summed E-state index contributed by atoms with van der Waals surface area (Å²) < 4.78 is 11.6. The van der Waals surface area contributed by atoms with E-state index >= 15 is 0 Å². The minimum absolute atomic E-state index is 0.0238. The van der Waals surface area contributed by atoms with Crippen LogP contribution in [0.4, 0.5) is 5.69 Å². The van der Waals surface area contributed by atoms with E-state index in [-0.39, 0.29) is 28.9 Å². The van der Waals surface area contributed by atoms with Crippen LogP contribution < -0.4 is 10.1 Å². The second-order valence-electron chi connectivity index (χ2n) is 5.39. The van der Waals surface area contributed by atoms with Gasteiger partial charge < -0.3 is 14.8 Å². The standard InChI is InChI=1S/C15H22N2O4/c1-5-20-15-11(16-4)8-13(15)21-14-10(3)6-9(2)7-12(14)17(18)19/h6-7,11,13,15-16H,5,8H2,1-4H3. The summed E-state index contributed by atoms with van der Waals surface area (Å²) in [5.41, 5.74) is 1.66. The van der Waals surface area contributed by atoms with Gasteiger partial charge in [0, 0.05) is 25.1 Å². The minimum atomic E-state index is -0.390. The predicted molar refractivity (Wildman–Crippen MR) is 79.9 cm³/mol. The van der Waals surface area contributed by atoms with Gasteiger partial charge in [-0.3, -0.25) is 10.1 Å². The van der Waals surface area contributed by atoms with Gasteiger partial charge in [0.15, 0.2) is 5.75 Å². The van der Waals surface area contributed by atoms with Gasteiger partial charge in [0.05, 0.1) is 4.92 Å². The van der Waals surface area contributed by atoms with Crippen LogP contribution in [-0.4, -0.2) is 36.8 Å². The molecule has 1 aliphatic carbocycles. The van der Waals surface area contributed by atoms with Gasteiger partial charge in [0.1, 0.15) is 12.2 Å². The predicted octanol–water partition coefficient (Wildman–Crippen LogP) is 2.36. The van der Waals surface area contributed by atoms with E-state index in [1.165, 1.54) is 0 Å². The first kappa shape index (κ1) is 15.7. The van der Waals surface area contributed by atoms with Crippen LogP contribution in [0.5, 0.6) is 5.75 Å². The maximum absolute atomic E-state index is 11.2. The van der Waals surface area contributed by atoms with Crippen LogP contribution in [0.25, 0.3) is 0 Å². The van der Waals surface area contributed by atoms with Crippen molar-refractivity contribution < 1.29 is 14.4 Å². The van der Waals surface area contributed by atoms with Gasteiger partial charge in [-0.05, 0) is 38.9 Å². The number of likely N-dealkylation sites (N-methyl/N-ethyl adjacent to an activating group) is 1. The molecule has 1 aromatic rings. The van der Waals surface area contributed by atoms with E-state index in [2.05, 4.69) is 5.32 Å². The minimum Gasteiger partial charge on any atom is -0.480 e. The molecule has 2 rings (SSSR count). The number of nitrogens with zero attached hydrogens (tertiary/aromatic N) is 1. The molecule has 1 aromatic carbocycles. The van der Waals surface area contributed by atoms with Gasteiger partial charge in [-0.1, -0.05) is 6.07 Å². The highest BCUT2D eigenvalue weighted by Gasteiger charge is 2.43. The molecule has 3 atom stereocenters. The van der Waals surface area contributed by atoms with E-state index in [0.29, 0.717) is 12.4 Å². The summed E-state index contributed by atoms with van der Waals surface area (Å²) in [6.07, 6.45) is 0.564. The quantitative estimate of drug-likeness (QED) is 0.644. The van der Waals surface area contributed by atoms with E-state index < -0.39 is 0 Å². The Morgan fingerprint density at radius 2 is 2.14 bits per heavy atom. The van der Waals surface area contributed by atoms with E-state index in [1.807, 2.05) is 33.9 Å². The van der Waals surface area contributed by atoms with Gasteiger partial charge in [-0.25, -0.2) is 0 Å². The number of hydrogen-bond donors (Lipinski definition) is 1. The number of ether oxygens (including phenoxy) is 2. The fourth-order valence-corrected chi connectivity index (χ4v) is 2.77. The molecular weight excluding hydrogens is 272 g/mol. The zero-order chi connectivity index (χ0) is 15.6. The van der Waals surface area contributed by atoms with E-state index in [9.17, 15) is 10.1 Å². The first-order chi connectivity index (χ1) is 9.97. The molecule has 1 fully saturated rings. The molecule has 21 heavy (non-hydrogen) atoms. The molecule has 0 aliphatic heterocycles. The number of rotatable bonds is 6. The topological polar surface area (TPSA) is 73.6 Å². The second kappa shape index (κ2) is 6.41. The molecular formula is C15H22N2O4. The third-order valence-corrected chi connectivity index (χ3v) is 3.84. The van der Waals surface area contributed by atoms with Crippen molar-refractivity contribution in [3.8, 4) is 5.75 Å². The largest absolute Gasteiger partial charge is 0.480 e. The van der Waals surface area contributed by atoms with Gasteiger partial charge in [0.25, 0.3) is 0 Å². The van der Waals surface area contributed by atoms with Crippen molar-refractivity contribution >= 4 is 5.69 Å². The van der Waals surface area contributed by atoms with Crippen molar-refractivity contribution in [2.45, 2.75) is 45.4 Å². The highest BCUT2D eigenvalue weighted by molar-refractivity contribution is 5.53. The van der Waals surface area contributed by atoms with Gasteiger partial charge >= 0.3 is 5.69 Å². The monoisotopic (exact) mass is 294 g/mol.